The molecule has 0 saturated carbocycles. The molecule has 0 unspecified atom stereocenters. The highest BCUT2D eigenvalue weighted by Crippen LogP contribution is 2.20. The number of hydrogen-bond acceptors (Lipinski definition) is 3. The second kappa shape index (κ2) is 8.69. The van der Waals surface area contributed by atoms with E-state index in [2.05, 4.69) is 17.6 Å². The molecule has 1 fully saturated rings. The first-order valence-corrected chi connectivity index (χ1v) is 9.64. The minimum absolute atomic E-state index is 0.104. The summed E-state index contributed by atoms with van der Waals surface area (Å²) >= 11 is 6.26. The van der Waals surface area contributed by atoms with Crippen LogP contribution >= 0.6 is 11.6 Å². The summed E-state index contributed by atoms with van der Waals surface area (Å²) in [4.78, 5) is 13.7. The minimum atomic E-state index is -0.104. The van der Waals surface area contributed by atoms with Gasteiger partial charge in [0.15, 0.2) is 0 Å². The molecule has 0 atom stereocenters. The Balaban J connectivity index is 1.66. The number of benzene rings is 1. The van der Waals surface area contributed by atoms with Crippen molar-refractivity contribution in [1.29, 1.82) is 0 Å². The number of rotatable bonds is 5. The summed E-state index contributed by atoms with van der Waals surface area (Å²) in [6, 6.07) is 7.77. The van der Waals surface area contributed by atoms with Crippen LogP contribution in [0.5, 0.6) is 0 Å². The average Bonchev–Trinajstić information content (AvgIpc) is 2.90. The Bertz CT molecular complexity index is 837. The second-order valence-corrected chi connectivity index (χ2v) is 7.49. The Labute approximate surface area is 165 Å². The molecule has 3 rings (SSSR count). The number of hydrogen-bond donors (Lipinski definition) is 2. The number of quaternary nitrogens is 1. The number of nitrogens with one attached hydrogen (secondary N) is 2. The lowest BCUT2D eigenvalue weighted by molar-refractivity contribution is -0.884. The zero-order chi connectivity index (χ0) is 19.4. The highest BCUT2D eigenvalue weighted by atomic mass is 35.5. The molecule has 7 heteroatoms. The van der Waals surface area contributed by atoms with Crippen molar-refractivity contribution in [3.05, 3.63) is 57.9 Å². The minimum Gasteiger partial charge on any atom is -0.335 e. The molecule has 1 aromatic carbocycles. The molecule has 0 radical (unpaired) electrons. The van der Waals surface area contributed by atoms with E-state index >= 15 is 0 Å². The van der Waals surface area contributed by atoms with Gasteiger partial charge in [0.25, 0.3) is 5.91 Å². The topological polar surface area (TPSA) is 54.6 Å². The van der Waals surface area contributed by atoms with Gasteiger partial charge in [0.1, 0.15) is 0 Å². The summed E-state index contributed by atoms with van der Waals surface area (Å²) in [5.74, 6) is -0.104. The lowest BCUT2D eigenvalue weighted by Gasteiger charge is -2.29. The van der Waals surface area contributed by atoms with E-state index in [1.807, 2.05) is 53.9 Å². The van der Waals surface area contributed by atoms with Gasteiger partial charge in [-0.25, -0.2) is 5.01 Å². The zero-order valence-electron chi connectivity index (χ0n) is 16.1. The van der Waals surface area contributed by atoms with Crippen LogP contribution in [0.1, 0.15) is 22.5 Å². The predicted octanol–water partition coefficient (Wildman–Crippen LogP) is 1.08. The SMILES string of the molecule is Cc1nn(Cc2ccccc2Cl)c(C)c1/C=C/C(=O)NN1CC[NH+](C)CC1. The smallest absolute Gasteiger partial charge is 0.258 e. The van der Waals surface area contributed by atoms with Crippen LogP contribution in [0.25, 0.3) is 6.08 Å². The fourth-order valence-corrected chi connectivity index (χ4v) is 3.44. The quantitative estimate of drug-likeness (QED) is 0.753. The van der Waals surface area contributed by atoms with Gasteiger partial charge in [-0.3, -0.25) is 14.9 Å². The van der Waals surface area contributed by atoms with E-state index in [1.54, 1.807) is 6.08 Å². The Morgan fingerprint density at radius 1 is 1.30 bits per heavy atom. The van der Waals surface area contributed by atoms with Gasteiger partial charge in [-0.05, 0) is 31.6 Å². The van der Waals surface area contributed by atoms with E-state index in [-0.39, 0.29) is 5.91 Å². The largest absolute Gasteiger partial charge is 0.335 e. The van der Waals surface area contributed by atoms with Crippen molar-refractivity contribution in [2.45, 2.75) is 20.4 Å². The van der Waals surface area contributed by atoms with E-state index in [0.29, 0.717) is 6.54 Å². The first-order valence-electron chi connectivity index (χ1n) is 9.26. The first-order chi connectivity index (χ1) is 12.9. The maximum Gasteiger partial charge on any atom is 0.258 e. The molecule has 0 aliphatic carbocycles. The van der Waals surface area contributed by atoms with Gasteiger partial charge in [0.2, 0.25) is 0 Å². The third kappa shape index (κ3) is 4.97. The van der Waals surface area contributed by atoms with Crippen LogP contribution in [0, 0.1) is 13.8 Å². The Morgan fingerprint density at radius 2 is 2.00 bits per heavy atom. The van der Waals surface area contributed by atoms with Gasteiger partial charge in [0.05, 0.1) is 45.5 Å². The molecule has 6 nitrogen and oxygen atoms in total. The van der Waals surface area contributed by atoms with Crippen molar-refractivity contribution < 1.29 is 9.69 Å². The highest BCUT2D eigenvalue weighted by Gasteiger charge is 2.17. The van der Waals surface area contributed by atoms with E-state index < -0.39 is 0 Å². The van der Waals surface area contributed by atoms with Gasteiger partial charge in [-0.15, -0.1) is 0 Å². The fraction of sp³-hybridized carbons (Fsp3) is 0.400. The Morgan fingerprint density at radius 3 is 2.70 bits per heavy atom. The highest BCUT2D eigenvalue weighted by molar-refractivity contribution is 6.31. The lowest BCUT2D eigenvalue weighted by Crippen LogP contribution is -3.12. The van der Waals surface area contributed by atoms with Crippen LogP contribution in [-0.4, -0.2) is 53.9 Å². The third-order valence-electron chi connectivity index (χ3n) is 5.00. The van der Waals surface area contributed by atoms with Gasteiger partial charge < -0.3 is 4.90 Å². The van der Waals surface area contributed by atoms with E-state index in [0.717, 1.165) is 53.7 Å². The number of likely N-dealkylation sites (N-methyl/N-ethyl adjacent to an activating group) is 1. The van der Waals surface area contributed by atoms with Crippen molar-refractivity contribution in [1.82, 2.24) is 20.2 Å². The maximum absolute atomic E-state index is 12.2. The first kappa shape index (κ1) is 19.6. The number of halogens is 1. The van der Waals surface area contributed by atoms with Crippen molar-refractivity contribution in [3.8, 4) is 0 Å². The van der Waals surface area contributed by atoms with Crippen molar-refractivity contribution in [2.75, 3.05) is 33.2 Å². The summed E-state index contributed by atoms with van der Waals surface area (Å²) in [7, 11) is 2.17. The number of carbonyl (C=O) groups is 1. The summed E-state index contributed by atoms with van der Waals surface area (Å²) < 4.78 is 1.93. The van der Waals surface area contributed by atoms with Gasteiger partial charge >= 0.3 is 0 Å². The van der Waals surface area contributed by atoms with E-state index in [9.17, 15) is 4.79 Å². The van der Waals surface area contributed by atoms with Crippen molar-refractivity contribution in [3.63, 3.8) is 0 Å². The van der Waals surface area contributed by atoms with Crippen LogP contribution in [0.4, 0.5) is 0 Å². The van der Waals surface area contributed by atoms with Gasteiger partial charge in [-0.2, -0.15) is 5.10 Å². The number of carbonyl (C=O) groups excluding carboxylic acids is 1. The Kier molecular flexibility index (Phi) is 6.31. The lowest BCUT2D eigenvalue weighted by atomic mass is 10.1. The summed E-state index contributed by atoms with van der Waals surface area (Å²) in [6.45, 7) is 8.40. The van der Waals surface area contributed by atoms with Crippen LogP contribution in [0.15, 0.2) is 30.3 Å². The van der Waals surface area contributed by atoms with Crippen molar-refractivity contribution >= 4 is 23.6 Å². The zero-order valence-corrected chi connectivity index (χ0v) is 16.9. The molecule has 2 aromatic rings. The molecule has 1 aliphatic heterocycles. The number of aromatic nitrogens is 2. The molecule has 27 heavy (non-hydrogen) atoms. The molecule has 2 N–H and O–H groups in total. The van der Waals surface area contributed by atoms with Crippen LogP contribution in [-0.2, 0) is 11.3 Å². The standard InChI is InChI=1S/C20H26ClN5O/c1-15-18(8-9-20(27)23-25-12-10-24(3)11-13-25)16(2)26(22-15)14-17-6-4-5-7-19(17)21/h4-9H,10-14H2,1-3H3,(H,23,27)/p+1/b9-8+. The molecule has 1 saturated heterocycles. The third-order valence-corrected chi connectivity index (χ3v) is 5.37. The summed E-state index contributed by atoms with van der Waals surface area (Å²) in [5.41, 5.74) is 6.86. The molecule has 0 bridgehead atoms. The normalized spacial score (nSPS) is 16.1. The van der Waals surface area contributed by atoms with E-state index in [1.165, 1.54) is 4.90 Å². The van der Waals surface area contributed by atoms with E-state index in [4.69, 9.17) is 11.6 Å². The molecule has 1 amide bonds. The second-order valence-electron chi connectivity index (χ2n) is 7.09. The van der Waals surface area contributed by atoms with Gasteiger partial charge in [-0.1, -0.05) is 29.8 Å². The number of hydrazine groups is 1. The molecule has 144 valence electrons. The maximum atomic E-state index is 12.2. The number of nitrogens with zero attached hydrogens (tertiary/aromatic N) is 3. The van der Waals surface area contributed by atoms with Gasteiger partial charge in [0, 0.05) is 22.4 Å². The molecule has 0 spiro atoms. The van der Waals surface area contributed by atoms with Crippen LogP contribution < -0.4 is 10.3 Å². The number of piperazine rings is 1. The number of amides is 1. The van der Waals surface area contributed by atoms with Crippen molar-refractivity contribution in [2.24, 2.45) is 0 Å². The number of aryl methyl sites for hydroxylation is 1. The summed E-state index contributed by atoms with van der Waals surface area (Å²) in [5, 5.41) is 7.33. The molecular weight excluding hydrogens is 362 g/mol. The van der Waals surface area contributed by atoms with Crippen LogP contribution in [0.3, 0.4) is 0 Å². The van der Waals surface area contributed by atoms with Crippen LogP contribution in [0.2, 0.25) is 5.02 Å². The monoisotopic (exact) mass is 388 g/mol. The average molecular weight is 389 g/mol. The Hall–Kier alpha value is -2.15. The molecule has 1 aromatic heterocycles. The molecule has 2 heterocycles. The summed E-state index contributed by atoms with van der Waals surface area (Å²) in [6.07, 6.45) is 3.43. The molecular formula is C20H27ClN5O+. The molecule has 1 aliphatic rings. The fourth-order valence-electron chi connectivity index (χ4n) is 3.25. The predicted molar refractivity (Wildman–Crippen MR) is 108 cm³/mol.